The SMILES string of the molecule is COC(=O)C(C1CCC(Oc2cc3c(Nc4cccc(Cl)c4F)ncnc3cc2OC)CC1)N(C)CCN. The van der Waals surface area contributed by atoms with Crippen molar-refractivity contribution in [1.29, 1.82) is 0 Å². The Bertz CT molecular complexity index is 1270. The smallest absolute Gasteiger partial charge is 0.323 e. The molecule has 1 saturated carbocycles. The van der Waals surface area contributed by atoms with Gasteiger partial charge in [0.25, 0.3) is 0 Å². The maximum absolute atomic E-state index is 14.5. The number of anilines is 2. The molecule has 0 amide bonds. The molecule has 0 spiro atoms. The van der Waals surface area contributed by atoms with Crippen LogP contribution in [0.25, 0.3) is 10.9 Å². The van der Waals surface area contributed by atoms with Crippen molar-refractivity contribution in [3.8, 4) is 11.5 Å². The number of fused-ring (bicyclic) bond motifs is 1. The van der Waals surface area contributed by atoms with Crippen LogP contribution in [0, 0.1) is 11.7 Å². The number of halogens is 2. The second-order valence-electron chi connectivity index (χ2n) is 9.36. The fraction of sp³-hybridized carbons (Fsp3) is 0.444. The number of nitrogens with two attached hydrogens (primary N) is 1. The highest BCUT2D eigenvalue weighted by Crippen LogP contribution is 2.38. The number of nitrogens with one attached hydrogen (secondary N) is 1. The summed E-state index contributed by atoms with van der Waals surface area (Å²) in [5.41, 5.74) is 6.53. The van der Waals surface area contributed by atoms with Crippen molar-refractivity contribution >= 4 is 40.0 Å². The molecule has 3 N–H and O–H groups in total. The van der Waals surface area contributed by atoms with Crippen molar-refractivity contribution in [2.24, 2.45) is 11.7 Å². The number of rotatable bonds is 10. The Balaban J connectivity index is 1.54. The van der Waals surface area contributed by atoms with Crippen molar-refractivity contribution in [3.05, 3.63) is 47.5 Å². The number of esters is 1. The summed E-state index contributed by atoms with van der Waals surface area (Å²) in [4.78, 5) is 23.1. The van der Waals surface area contributed by atoms with Gasteiger partial charge in [-0.15, -0.1) is 0 Å². The summed E-state index contributed by atoms with van der Waals surface area (Å²) in [5.74, 6) is 0.832. The van der Waals surface area contributed by atoms with E-state index in [1.165, 1.54) is 19.5 Å². The zero-order valence-electron chi connectivity index (χ0n) is 21.7. The Morgan fingerprint density at radius 2 is 1.97 bits per heavy atom. The van der Waals surface area contributed by atoms with Crippen LogP contribution in [-0.2, 0) is 9.53 Å². The summed E-state index contributed by atoms with van der Waals surface area (Å²) >= 11 is 5.94. The number of hydrogen-bond acceptors (Lipinski definition) is 9. The molecule has 1 heterocycles. The van der Waals surface area contributed by atoms with Crippen molar-refractivity contribution in [2.75, 3.05) is 39.7 Å². The van der Waals surface area contributed by atoms with E-state index in [0.29, 0.717) is 41.3 Å². The number of carbonyl (C=O) groups is 1. The Morgan fingerprint density at radius 1 is 1.21 bits per heavy atom. The number of nitrogens with zero attached hydrogens (tertiary/aromatic N) is 3. The van der Waals surface area contributed by atoms with Crippen molar-refractivity contribution in [2.45, 2.75) is 37.8 Å². The number of aromatic nitrogens is 2. The Hall–Kier alpha value is -3.21. The predicted octanol–water partition coefficient (Wildman–Crippen LogP) is 4.54. The van der Waals surface area contributed by atoms with Gasteiger partial charge in [-0.1, -0.05) is 17.7 Å². The quantitative estimate of drug-likeness (QED) is 0.354. The second kappa shape index (κ2) is 12.6. The average Bonchev–Trinajstić information content (AvgIpc) is 2.92. The minimum atomic E-state index is -0.565. The number of methoxy groups -OCH3 is 2. The molecular formula is C27H33ClFN5O4. The minimum absolute atomic E-state index is 0.0123. The van der Waals surface area contributed by atoms with Crippen LogP contribution < -0.4 is 20.5 Å². The molecule has 1 aromatic heterocycles. The molecule has 0 aliphatic heterocycles. The first-order valence-corrected chi connectivity index (χ1v) is 12.9. The molecule has 38 heavy (non-hydrogen) atoms. The van der Waals surface area contributed by atoms with E-state index in [4.69, 9.17) is 31.5 Å². The molecular weight excluding hydrogens is 513 g/mol. The van der Waals surface area contributed by atoms with E-state index in [-0.39, 0.29) is 34.7 Å². The Labute approximate surface area is 226 Å². The Kier molecular flexibility index (Phi) is 9.19. The van der Waals surface area contributed by atoms with Gasteiger partial charge in [0, 0.05) is 24.5 Å². The molecule has 1 atom stereocenters. The normalized spacial score (nSPS) is 18.3. The fourth-order valence-electron chi connectivity index (χ4n) is 5.04. The van der Waals surface area contributed by atoms with E-state index >= 15 is 0 Å². The lowest BCUT2D eigenvalue weighted by molar-refractivity contribution is -0.149. The van der Waals surface area contributed by atoms with Crippen LogP contribution in [0.1, 0.15) is 25.7 Å². The number of carbonyl (C=O) groups excluding carboxylic acids is 1. The molecule has 0 saturated heterocycles. The highest BCUT2D eigenvalue weighted by molar-refractivity contribution is 6.31. The molecule has 1 aliphatic rings. The van der Waals surface area contributed by atoms with Crippen molar-refractivity contribution in [1.82, 2.24) is 14.9 Å². The summed E-state index contributed by atoms with van der Waals surface area (Å²) in [6.45, 7) is 1.08. The van der Waals surface area contributed by atoms with E-state index < -0.39 is 5.82 Å². The van der Waals surface area contributed by atoms with Gasteiger partial charge in [0.15, 0.2) is 17.3 Å². The zero-order chi connectivity index (χ0) is 27.2. The van der Waals surface area contributed by atoms with E-state index in [2.05, 4.69) is 15.3 Å². The fourth-order valence-corrected chi connectivity index (χ4v) is 5.22. The lowest BCUT2D eigenvalue weighted by Gasteiger charge is -2.36. The van der Waals surface area contributed by atoms with E-state index in [1.807, 2.05) is 11.9 Å². The molecule has 11 heteroatoms. The topological polar surface area (TPSA) is 112 Å². The van der Waals surface area contributed by atoms with Gasteiger partial charge in [0.1, 0.15) is 18.2 Å². The van der Waals surface area contributed by atoms with Gasteiger partial charge in [0.2, 0.25) is 0 Å². The lowest BCUT2D eigenvalue weighted by atomic mass is 9.82. The number of likely N-dealkylation sites (N-methyl/N-ethyl adjacent to an activating group) is 1. The predicted molar refractivity (Wildman–Crippen MR) is 145 cm³/mol. The highest BCUT2D eigenvalue weighted by atomic mass is 35.5. The van der Waals surface area contributed by atoms with Gasteiger partial charge in [-0.05, 0) is 56.8 Å². The van der Waals surface area contributed by atoms with Gasteiger partial charge >= 0.3 is 5.97 Å². The maximum atomic E-state index is 14.5. The molecule has 0 radical (unpaired) electrons. The molecule has 1 unspecified atom stereocenters. The molecule has 1 aliphatic carbocycles. The van der Waals surface area contributed by atoms with E-state index in [0.717, 1.165) is 25.7 Å². The summed E-state index contributed by atoms with van der Waals surface area (Å²) < 4.78 is 31.6. The van der Waals surface area contributed by atoms with Gasteiger partial charge in [-0.2, -0.15) is 0 Å². The molecule has 9 nitrogen and oxygen atoms in total. The number of hydrogen-bond donors (Lipinski definition) is 2. The first-order chi connectivity index (χ1) is 18.4. The van der Waals surface area contributed by atoms with Gasteiger partial charge < -0.3 is 25.3 Å². The number of benzene rings is 2. The van der Waals surface area contributed by atoms with Crippen LogP contribution >= 0.6 is 11.6 Å². The van der Waals surface area contributed by atoms with Crippen LogP contribution in [0.5, 0.6) is 11.5 Å². The van der Waals surface area contributed by atoms with Gasteiger partial charge in [-0.25, -0.2) is 14.4 Å². The molecule has 3 aromatic rings. The van der Waals surface area contributed by atoms with Crippen LogP contribution in [0.4, 0.5) is 15.9 Å². The van der Waals surface area contributed by atoms with Crippen molar-refractivity contribution < 1.29 is 23.4 Å². The molecule has 4 rings (SSSR count). The van der Waals surface area contributed by atoms with Crippen LogP contribution in [0.3, 0.4) is 0 Å². The average molecular weight is 546 g/mol. The number of ether oxygens (including phenoxy) is 3. The molecule has 204 valence electrons. The first-order valence-electron chi connectivity index (χ1n) is 12.5. The largest absolute Gasteiger partial charge is 0.493 e. The zero-order valence-corrected chi connectivity index (χ0v) is 22.5. The summed E-state index contributed by atoms with van der Waals surface area (Å²) in [6.07, 6.45) is 4.47. The third-order valence-electron chi connectivity index (χ3n) is 6.98. The monoisotopic (exact) mass is 545 g/mol. The summed E-state index contributed by atoms with van der Waals surface area (Å²) in [7, 11) is 4.89. The second-order valence-corrected chi connectivity index (χ2v) is 9.77. The third-order valence-corrected chi connectivity index (χ3v) is 7.28. The molecule has 0 bridgehead atoms. The maximum Gasteiger partial charge on any atom is 0.323 e. The van der Waals surface area contributed by atoms with Crippen LogP contribution in [-0.4, -0.2) is 67.3 Å². The molecule has 1 fully saturated rings. The standard InChI is InChI=1S/C27H33ClFN5O4/c1-34(12-11-30)25(27(35)37-3)16-7-9-17(10-8-16)38-23-13-18-21(14-22(23)36-2)31-15-32-26(18)33-20-6-4-5-19(28)24(20)29/h4-6,13-17,25H,7-12,30H2,1-3H3,(H,31,32,33). The van der Waals surface area contributed by atoms with E-state index in [9.17, 15) is 9.18 Å². The van der Waals surface area contributed by atoms with Crippen LogP contribution in [0.2, 0.25) is 5.02 Å². The summed E-state index contributed by atoms with van der Waals surface area (Å²) in [5, 5.41) is 3.67. The molecule has 2 aromatic carbocycles. The summed E-state index contributed by atoms with van der Waals surface area (Å²) in [6, 6.07) is 7.96. The first kappa shape index (κ1) is 27.8. The van der Waals surface area contributed by atoms with Gasteiger partial charge in [0.05, 0.1) is 36.6 Å². The van der Waals surface area contributed by atoms with Crippen LogP contribution in [0.15, 0.2) is 36.7 Å². The Morgan fingerprint density at radius 3 is 2.66 bits per heavy atom. The minimum Gasteiger partial charge on any atom is -0.493 e. The van der Waals surface area contributed by atoms with Crippen molar-refractivity contribution in [3.63, 3.8) is 0 Å². The highest BCUT2D eigenvalue weighted by Gasteiger charge is 2.36. The van der Waals surface area contributed by atoms with Gasteiger partial charge in [-0.3, -0.25) is 9.69 Å². The van der Waals surface area contributed by atoms with E-state index in [1.54, 1.807) is 31.4 Å². The third kappa shape index (κ3) is 6.09. The lowest BCUT2D eigenvalue weighted by Crippen LogP contribution is -2.48.